The summed E-state index contributed by atoms with van der Waals surface area (Å²) in [6.45, 7) is 3.15. The summed E-state index contributed by atoms with van der Waals surface area (Å²) in [5.41, 5.74) is 1.58. The zero-order chi connectivity index (χ0) is 19.5. The Hall–Kier alpha value is -2.95. The SMILES string of the molecule is C/C=C/c1ccc(OCCCCOc2ccc(C(=O)OC)cc2)c(OC)c1. The number of esters is 1. The molecule has 0 saturated carbocycles. The van der Waals surface area contributed by atoms with Crippen molar-refractivity contribution in [3.63, 3.8) is 0 Å². The third-order valence-electron chi connectivity index (χ3n) is 3.89. The van der Waals surface area contributed by atoms with Crippen molar-refractivity contribution in [2.75, 3.05) is 27.4 Å². The Balaban J connectivity index is 1.71. The van der Waals surface area contributed by atoms with Gasteiger partial charge in [-0.2, -0.15) is 0 Å². The number of ether oxygens (including phenoxy) is 4. The van der Waals surface area contributed by atoms with Crippen LogP contribution in [-0.2, 0) is 4.74 Å². The molecule has 0 aliphatic carbocycles. The Morgan fingerprint density at radius 1 is 0.926 bits per heavy atom. The van der Waals surface area contributed by atoms with Gasteiger partial charge in [0.15, 0.2) is 11.5 Å². The maximum absolute atomic E-state index is 11.4. The van der Waals surface area contributed by atoms with Crippen LogP contribution in [-0.4, -0.2) is 33.4 Å². The standard InChI is InChI=1S/C22H26O5/c1-4-7-17-8-13-20(21(16-17)24-2)27-15-6-5-14-26-19-11-9-18(10-12-19)22(23)25-3/h4,7-13,16H,5-6,14-15H2,1-3H3/b7-4+. The molecule has 0 aliphatic heterocycles. The predicted octanol–water partition coefficient (Wildman–Crippen LogP) is 4.75. The molecule has 0 aromatic heterocycles. The number of carbonyl (C=O) groups is 1. The minimum Gasteiger partial charge on any atom is -0.494 e. The van der Waals surface area contributed by atoms with E-state index >= 15 is 0 Å². The summed E-state index contributed by atoms with van der Waals surface area (Å²) >= 11 is 0. The Kier molecular flexibility index (Phi) is 8.23. The number of allylic oxidation sites excluding steroid dienone is 1. The van der Waals surface area contributed by atoms with Crippen molar-refractivity contribution < 1.29 is 23.7 Å². The molecule has 0 bridgehead atoms. The molecule has 0 fully saturated rings. The van der Waals surface area contributed by atoms with Crippen LogP contribution in [0.2, 0.25) is 0 Å². The highest BCUT2D eigenvalue weighted by molar-refractivity contribution is 5.89. The van der Waals surface area contributed by atoms with Crippen molar-refractivity contribution in [1.82, 2.24) is 0 Å². The molecule has 0 spiro atoms. The smallest absolute Gasteiger partial charge is 0.337 e. The zero-order valence-electron chi connectivity index (χ0n) is 16.1. The van der Waals surface area contributed by atoms with Gasteiger partial charge in [0.25, 0.3) is 0 Å². The number of unbranched alkanes of at least 4 members (excludes halogenated alkanes) is 1. The van der Waals surface area contributed by atoms with Crippen molar-refractivity contribution in [2.24, 2.45) is 0 Å². The van der Waals surface area contributed by atoms with E-state index in [4.69, 9.17) is 14.2 Å². The summed E-state index contributed by atoms with van der Waals surface area (Å²) in [7, 11) is 3.00. The van der Waals surface area contributed by atoms with E-state index < -0.39 is 0 Å². The monoisotopic (exact) mass is 370 g/mol. The lowest BCUT2D eigenvalue weighted by Gasteiger charge is -2.11. The van der Waals surface area contributed by atoms with Crippen LogP contribution in [0.25, 0.3) is 6.08 Å². The van der Waals surface area contributed by atoms with Gasteiger partial charge >= 0.3 is 5.97 Å². The summed E-state index contributed by atoms with van der Waals surface area (Å²) in [6.07, 6.45) is 5.72. The molecular formula is C22H26O5. The quantitative estimate of drug-likeness (QED) is 0.446. The molecule has 5 heteroatoms. The van der Waals surface area contributed by atoms with Crippen LogP contribution in [0, 0.1) is 0 Å². The second kappa shape index (κ2) is 10.9. The molecule has 0 heterocycles. The third-order valence-corrected chi connectivity index (χ3v) is 3.89. The van der Waals surface area contributed by atoms with E-state index in [0.29, 0.717) is 18.8 Å². The van der Waals surface area contributed by atoms with Gasteiger partial charge in [-0.3, -0.25) is 0 Å². The highest BCUT2D eigenvalue weighted by Crippen LogP contribution is 2.28. The molecule has 2 aromatic rings. The van der Waals surface area contributed by atoms with E-state index in [2.05, 4.69) is 4.74 Å². The maximum Gasteiger partial charge on any atom is 0.337 e. The average Bonchev–Trinajstić information content (AvgIpc) is 2.71. The molecule has 0 unspecified atom stereocenters. The number of benzene rings is 2. The van der Waals surface area contributed by atoms with E-state index in [1.807, 2.05) is 37.3 Å². The van der Waals surface area contributed by atoms with Crippen molar-refractivity contribution in [3.8, 4) is 17.2 Å². The van der Waals surface area contributed by atoms with Gasteiger partial charge in [0.05, 0.1) is 33.0 Å². The van der Waals surface area contributed by atoms with Crippen molar-refractivity contribution in [2.45, 2.75) is 19.8 Å². The minimum absolute atomic E-state index is 0.354. The van der Waals surface area contributed by atoms with Crippen LogP contribution in [0.3, 0.4) is 0 Å². The molecule has 27 heavy (non-hydrogen) atoms. The molecule has 0 atom stereocenters. The van der Waals surface area contributed by atoms with Crippen LogP contribution in [0.1, 0.15) is 35.7 Å². The lowest BCUT2D eigenvalue weighted by atomic mass is 10.2. The molecule has 144 valence electrons. The Morgan fingerprint density at radius 2 is 1.63 bits per heavy atom. The van der Waals surface area contributed by atoms with Gasteiger partial charge in [-0.15, -0.1) is 0 Å². The number of hydrogen-bond acceptors (Lipinski definition) is 5. The zero-order valence-corrected chi connectivity index (χ0v) is 16.1. The molecular weight excluding hydrogens is 344 g/mol. The molecule has 5 nitrogen and oxygen atoms in total. The summed E-state index contributed by atoms with van der Waals surface area (Å²) in [5, 5.41) is 0. The first-order chi connectivity index (χ1) is 13.2. The molecule has 0 radical (unpaired) electrons. The molecule has 0 amide bonds. The maximum atomic E-state index is 11.4. The predicted molar refractivity (Wildman–Crippen MR) is 106 cm³/mol. The fraction of sp³-hybridized carbons (Fsp3) is 0.318. The molecule has 0 aliphatic rings. The van der Waals surface area contributed by atoms with Gasteiger partial charge in [-0.25, -0.2) is 4.79 Å². The Labute approximate surface area is 160 Å². The van der Waals surface area contributed by atoms with Gasteiger partial charge < -0.3 is 18.9 Å². The Bertz CT molecular complexity index is 750. The van der Waals surface area contributed by atoms with Crippen LogP contribution >= 0.6 is 0 Å². The molecule has 0 saturated heterocycles. The third kappa shape index (κ3) is 6.37. The highest BCUT2D eigenvalue weighted by atomic mass is 16.5. The van der Waals surface area contributed by atoms with Crippen molar-refractivity contribution >= 4 is 12.0 Å². The number of methoxy groups -OCH3 is 2. The second-order valence-corrected chi connectivity index (χ2v) is 5.83. The van der Waals surface area contributed by atoms with Crippen LogP contribution in [0.5, 0.6) is 17.2 Å². The first-order valence-corrected chi connectivity index (χ1v) is 8.92. The van der Waals surface area contributed by atoms with E-state index in [-0.39, 0.29) is 5.97 Å². The fourth-order valence-electron chi connectivity index (χ4n) is 2.48. The van der Waals surface area contributed by atoms with Gasteiger partial charge in [0.2, 0.25) is 0 Å². The van der Waals surface area contributed by atoms with Crippen LogP contribution in [0.4, 0.5) is 0 Å². The first-order valence-electron chi connectivity index (χ1n) is 8.92. The normalized spacial score (nSPS) is 10.6. The summed E-state index contributed by atoms with van der Waals surface area (Å²) in [5.74, 6) is 1.84. The van der Waals surface area contributed by atoms with Gasteiger partial charge in [0, 0.05) is 0 Å². The number of rotatable bonds is 10. The van der Waals surface area contributed by atoms with Gasteiger partial charge in [0.1, 0.15) is 5.75 Å². The van der Waals surface area contributed by atoms with E-state index in [9.17, 15) is 4.79 Å². The first kappa shape index (κ1) is 20.4. The van der Waals surface area contributed by atoms with E-state index in [1.54, 1.807) is 31.4 Å². The molecule has 0 N–H and O–H groups in total. The van der Waals surface area contributed by atoms with Crippen LogP contribution < -0.4 is 14.2 Å². The lowest BCUT2D eigenvalue weighted by molar-refractivity contribution is 0.0600. The highest BCUT2D eigenvalue weighted by Gasteiger charge is 2.06. The molecule has 2 rings (SSSR count). The van der Waals surface area contributed by atoms with Crippen molar-refractivity contribution in [1.29, 1.82) is 0 Å². The van der Waals surface area contributed by atoms with Crippen LogP contribution in [0.15, 0.2) is 48.5 Å². The van der Waals surface area contributed by atoms with Crippen molar-refractivity contribution in [3.05, 3.63) is 59.7 Å². The minimum atomic E-state index is -0.354. The largest absolute Gasteiger partial charge is 0.494 e. The van der Waals surface area contributed by atoms with Gasteiger partial charge in [-0.1, -0.05) is 18.2 Å². The Morgan fingerprint density at radius 3 is 2.26 bits per heavy atom. The lowest BCUT2D eigenvalue weighted by Crippen LogP contribution is -2.04. The number of hydrogen-bond donors (Lipinski definition) is 0. The topological polar surface area (TPSA) is 54.0 Å². The fourth-order valence-corrected chi connectivity index (χ4v) is 2.48. The average molecular weight is 370 g/mol. The van der Waals surface area contributed by atoms with E-state index in [0.717, 1.165) is 35.7 Å². The summed E-state index contributed by atoms with van der Waals surface area (Å²) < 4.78 is 21.5. The molecule has 2 aromatic carbocycles. The second-order valence-electron chi connectivity index (χ2n) is 5.83. The van der Waals surface area contributed by atoms with Gasteiger partial charge in [-0.05, 0) is 61.7 Å². The summed E-state index contributed by atoms with van der Waals surface area (Å²) in [6, 6.07) is 12.8. The summed E-state index contributed by atoms with van der Waals surface area (Å²) in [4.78, 5) is 11.4. The number of carbonyl (C=O) groups excluding carboxylic acids is 1. The van der Waals surface area contributed by atoms with E-state index in [1.165, 1.54) is 7.11 Å².